The molecule has 0 saturated carbocycles. The van der Waals surface area contributed by atoms with Crippen LogP contribution in [-0.2, 0) is 4.79 Å². The lowest BCUT2D eigenvalue weighted by Gasteiger charge is -2.21. The number of ether oxygens (including phenoxy) is 1. The molecule has 2 N–H and O–H groups in total. The molecule has 0 aliphatic rings. The molecule has 1 atom stereocenters. The van der Waals surface area contributed by atoms with E-state index < -0.39 is 11.9 Å². The van der Waals surface area contributed by atoms with E-state index in [0.29, 0.717) is 18.0 Å². The van der Waals surface area contributed by atoms with Crippen molar-refractivity contribution < 1.29 is 19.4 Å². The van der Waals surface area contributed by atoms with E-state index in [-0.39, 0.29) is 12.6 Å². The van der Waals surface area contributed by atoms with Gasteiger partial charge in [0.2, 0.25) is 0 Å². The second-order valence-corrected chi connectivity index (χ2v) is 5.25. The maximum atomic E-state index is 12.1. The Kier molecular flexibility index (Phi) is 7.22. The molecule has 1 aromatic rings. The van der Waals surface area contributed by atoms with E-state index in [1.54, 1.807) is 26.1 Å². The zero-order valence-electron chi connectivity index (χ0n) is 13.3. The predicted octanol–water partition coefficient (Wildman–Crippen LogP) is 3.05. The first-order valence-corrected chi connectivity index (χ1v) is 7.42. The second kappa shape index (κ2) is 8.92. The molecule has 6 nitrogen and oxygen atoms in total. The minimum atomic E-state index is -0.928. The Hall–Kier alpha value is -2.24. The van der Waals surface area contributed by atoms with Crippen LogP contribution in [0.15, 0.2) is 24.3 Å². The molecule has 0 aromatic heterocycles. The molecule has 1 unspecified atom stereocenters. The fourth-order valence-corrected chi connectivity index (χ4v) is 1.80. The topological polar surface area (TPSA) is 78.9 Å². The lowest BCUT2D eigenvalue weighted by Crippen LogP contribution is -2.36. The van der Waals surface area contributed by atoms with E-state index in [0.717, 1.165) is 12.8 Å². The number of hydrogen-bond acceptors (Lipinski definition) is 3. The molecule has 0 saturated heterocycles. The van der Waals surface area contributed by atoms with E-state index in [1.165, 1.54) is 4.90 Å². The maximum Gasteiger partial charge on any atom is 0.321 e. The number of nitrogens with zero attached hydrogens (tertiary/aromatic N) is 1. The number of para-hydroxylation sites is 2. The van der Waals surface area contributed by atoms with Crippen molar-refractivity contribution in [2.24, 2.45) is 5.92 Å². The number of amides is 2. The molecule has 0 fully saturated rings. The summed E-state index contributed by atoms with van der Waals surface area (Å²) in [5, 5.41) is 11.6. The van der Waals surface area contributed by atoms with Crippen molar-refractivity contribution in [3.05, 3.63) is 24.3 Å². The highest BCUT2D eigenvalue weighted by Crippen LogP contribution is 2.24. The second-order valence-electron chi connectivity index (χ2n) is 5.25. The highest BCUT2D eigenvalue weighted by atomic mass is 16.5. The highest BCUT2D eigenvalue weighted by Gasteiger charge is 2.18. The number of hydrogen-bond donors (Lipinski definition) is 2. The monoisotopic (exact) mass is 308 g/mol. The van der Waals surface area contributed by atoms with E-state index in [9.17, 15) is 9.59 Å². The molecule has 0 spiro atoms. The molecule has 2 amide bonds. The molecule has 0 heterocycles. The van der Waals surface area contributed by atoms with Crippen LogP contribution in [0.1, 0.15) is 26.7 Å². The van der Waals surface area contributed by atoms with Gasteiger partial charge < -0.3 is 20.1 Å². The van der Waals surface area contributed by atoms with Crippen molar-refractivity contribution in [1.29, 1.82) is 0 Å². The molecule has 0 aliphatic heterocycles. The maximum absolute atomic E-state index is 12.1. The largest absolute Gasteiger partial charge is 0.491 e. The van der Waals surface area contributed by atoms with Gasteiger partial charge in [0.05, 0.1) is 18.2 Å². The van der Waals surface area contributed by atoms with Gasteiger partial charge in [0.1, 0.15) is 5.75 Å². The van der Waals surface area contributed by atoms with Crippen molar-refractivity contribution in [2.45, 2.75) is 26.7 Å². The fourth-order valence-electron chi connectivity index (χ4n) is 1.80. The van der Waals surface area contributed by atoms with Crippen LogP contribution in [0.3, 0.4) is 0 Å². The molecule has 1 aromatic carbocycles. The summed E-state index contributed by atoms with van der Waals surface area (Å²) in [6, 6.07) is 6.84. The summed E-state index contributed by atoms with van der Waals surface area (Å²) in [4.78, 5) is 24.3. The lowest BCUT2D eigenvalue weighted by atomic mass is 10.2. The van der Waals surface area contributed by atoms with Crippen LogP contribution in [-0.4, -0.2) is 42.2 Å². The van der Waals surface area contributed by atoms with Gasteiger partial charge in [0.15, 0.2) is 0 Å². The number of benzene rings is 1. The molecule has 22 heavy (non-hydrogen) atoms. The minimum absolute atomic E-state index is 0.139. The van der Waals surface area contributed by atoms with Crippen molar-refractivity contribution >= 4 is 17.7 Å². The number of aliphatic carboxylic acids is 1. The number of carboxylic acid groups (broad SMARTS) is 1. The standard InChI is InChI=1S/C16H24N2O4/c1-4-5-10-22-14-9-7-6-8-13(14)17-16(21)18(3)11-12(2)15(19)20/h6-9,12H,4-5,10-11H2,1-3H3,(H,17,21)(H,19,20). The predicted molar refractivity (Wildman–Crippen MR) is 85.3 cm³/mol. The number of anilines is 1. The zero-order chi connectivity index (χ0) is 16.5. The SMILES string of the molecule is CCCCOc1ccccc1NC(=O)N(C)CC(C)C(=O)O. The van der Waals surface area contributed by atoms with Gasteiger partial charge in [-0.25, -0.2) is 4.79 Å². The molecule has 6 heteroatoms. The molecular formula is C16H24N2O4. The average Bonchev–Trinajstić information content (AvgIpc) is 2.48. The van der Waals surface area contributed by atoms with Gasteiger partial charge in [-0.2, -0.15) is 0 Å². The molecule has 122 valence electrons. The number of nitrogens with one attached hydrogen (secondary N) is 1. The number of carbonyl (C=O) groups excluding carboxylic acids is 1. The van der Waals surface area contributed by atoms with Gasteiger partial charge >= 0.3 is 12.0 Å². The number of unbranched alkanes of at least 4 members (excludes halogenated alkanes) is 1. The van der Waals surface area contributed by atoms with Crippen LogP contribution in [0.4, 0.5) is 10.5 Å². The number of carbonyl (C=O) groups is 2. The first-order chi connectivity index (χ1) is 10.5. The number of rotatable bonds is 8. The average molecular weight is 308 g/mol. The van der Waals surface area contributed by atoms with Crippen molar-refractivity contribution in [2.75, 3.05) is 25.5 Å². The molecular weight excluding hydrogens is 284 g/mol. The van der Waals surface area contributed by atoms with Crippen molar-refractivity contribution in [1.82, 2.24) is 4.90 Å². The van der Waals surface area contributed by atoms with E-state index in [4.69, 9.17) is 9.84 Å². The molecule has 0 radical (unpaired) electrons. The normalized spacial score (nSPS) is 11.6. The zero-order valence-corrected chi connectivity index (χ0v) is 13.3. The lowest BCUT2D eigenvalue weighted by molar-refractivity contribution is -0.141. The van der Waals surface area contributed by atoms with Crippen LogP contribution in [0, 0.1) is 5.92 Å². The number of carboxylic acids is 1. The van der Waals surface area contributed by atoms with Crippen LogP contribution < -0.4 is 10.1 Å². The van der Waals surface area contributed by atoms with Crippen LogP contribution in [0.25, 0.3) is 0 Å². The van der Waals surface area contributed by atoms with Crippen LogP contribution in [0.2, 0.25) is 0 Å². The third-order valence-corrected chi connectivity index (χ3v) is 3.20. The van der Waals surface area contributed by atoms with Gasteiger partial charge in [-0.1, -0.05) is 32.4 Å². The van der Waals surface area contributed by atoms with Gasteiger partial charge in [-0.05, 0) is 18.6 Å². The minimum Gasteiger partial charge on any atom is -0.491 e. The third-order valence-electron chi connectivity index (χ3n) is 3.20. The quantitative estimate of drug-likeness (QED) is 0.723. The van der Waals surface area contributed by atoms with E-state index in [2.05, 4.69) is 12.2 Å². The summed E-state index contributed by atoms with van der Waals surface area (Å²) in [5.74, 6) is -0.932. The summed E-state index contributed by atoms with van der Waals surface area (Å²) in [6.45, 7) is 4.37. The fraction of sp³-hybridized carbons (Fsp3) is 0.500. The van der Waals surface area contributed by atoms with Crippen LogP contribution in [0.5, 0.6) is 5.75 Å². The van der Waals surface area contributed by atoms with Gasteiger partial charge in [0, 0.05) is 13.6 Å². The van der Waals surface area contributed by atoms with E-state index in [1.807, 2.05) is 12.1 Å². The van der Waals surface area contributed by atoms with Gasteiger partial charge in [-0.15, -0.1) is 0 Å². The van der Waals surface area contributed by atoms with Crippen molar-refractivity contribution in [3.8, 4) is 5.75 Å². The Bertz CT molecular complexity index is 505. The third kappa shape index (κ3) is 5.63. The Morgan fingerprint density at radius 2 is 2.05 bits per heavy atom. The molecule has 0 bridgehead atoms. The summed E-state index contributed by atoms with van der Waals surface area (Å²) in [5.41, 5.74) is 0.582. The van der Waals surface area contributed by atoms with Gasteiger partial charge in [0.25, 0.3) is 0 Å². The Morgan fingerprint density at radius 1 is 1.36 bits per heavy atom. The summed E-state index contributed by atoms with van der Waals surface area (Å²) in [6.07, 6.45) is 1.97. The van der Waals surface area contributed by atoms with E-state index >= 15 is 0 Å². The highest BCUT2D eigenvalue weighted by molar-refractivity contribution is 5.91. The smallest absolute Gasteiger partial charge is 0.321 e. The Balaban J connectivity index is 2.65. The van der Waals surface area contributed by atoms with Crippen molar-refractivity contribution in [3.63, 3.8) is 0 Å². The summed E-state index contributed by atoms with van der Waals surface area (Å²) < 4.78 is 5.65. The van der Waals surface area contributed by atoms with Crippen LogP contribution >= 0.6 is 0 Å². The first kappa shape index (κ1) is 17.8. The molecule has 1 rings (SSSR count). The Morgan fingerprint density at radius 3 is 2.68 bits per heavy atom. The Labute approximate surface area is 131 Å². The first-order valence-electron chi connectivity index (χ1n) is 7.42. The van der Waals surface area contributed by atoms with Gasteiger partial charge in [-0.3, -0.25) is 4.79 Å². The summed E-state index contributed by atoms with van der Waals surface area (Å²) in [7, 11) is 1.56. The molecule has 0 aliphatic carbocycles. The summed E-state index contributed by atoms with van der Waals surface area (Å²) >= 11 is 0. The number of urea groups is 1.